The van der Waals surface area contributed by atoms with Crippen LogP contribution in [-0.2, 0) is 13.0 Å². The smallest absolute Gasteiger partial charge is 0.123 e. The lowest BCUT2D eigenvalue weighted by Crippen LogP contribution is -2.31. The molecule has 0 aromatic heterocycles. The van der Waals surface area contributed by atoms with Crippen molar-refractivity contribution in [2.45, 2.75) is 18.9 Å². The molecule has 1 N–H and O–H groups in total. The van der Waals surface area contributed by atoms with Gasteiger partial charge in [-0.05, 0) is 47.9 Å². The van der Waals surface area contributed by atoms with Gasteiger partial charge in [0.2, 0.25) is 0 Å². The first kappa shape index (κ1) is 12.8. The van der Waals surface area contributed by atoms with Gasteiger partial charge in [0, 0.05) is 31.2 Å². The fourth-order valence-electron chi connectivity index (χ4n) is 3.68. The van der Waals surface area contributed by atoms with Crippen molar-refractivity contribution in [3.8, 4) is 0 Å². The fraction of sp³-hybridized carbons (Fsp3) is 0.333. The molecule has 0 bridgehead atoms. The van der Waals surface area contributed by atoms with Gasteiger partial charge in [-0.25, -0.2) is 4.39 Å². The van der Waals surface area contributed by atoms with Crippen molar-refractivity contribution >= 4 is 5.69 Å². The van der Waals surface area contributed by atoms with Gasteiger partial charge in [0.1, 0.15) is 5.82 Å². The van der Waals surface area contributed by atoms with Gasteiger partial charge < -0.3 is 10.2 Å². The summed E-state index contributed by atoms with van der Waals surface area (Å²) < 4.78 is 13.2. The van der Waals surface area contributed by atoms with E-state index in [9.17, 15) is 4.39 Å². The van der Waals surface area contributed by atoms with Gasteiger partial charge in [0.25, 0.3) is 0 Å². The highest BCUT2D eigenvalue weighted by Crippen LogP contribution is 2.39. The number of nitrogens with zero attached hydrogens (tertiary/aromatic N) is 1. The quantitative estimate of drug-likeness (QED) is 0.862. The van der Waals surface area contributed by atoms with Crippen molar-refractivity contribution < 1.29 is 4.39 Å². The number of halogens is 1. The van der Waals surface area contributed by atoms with E-state index in [1.54, 1.807) is 12.1 Å². The van der Waals surface area contributed by atoms with E-state index in [-0.39, 0.29) is 5.82 Å². The zero-order chi connectivity index (χ0) is 14.4. The molecule has 1 atom stereocenters. The third-order valence-corrected chi connectivity index (χ3v) is 4.70. The monoisotopic (exact) mass is 282 g/mol. The number of hydrogen-bond acceptors (Lipinski definition) is 2. The van der Waals surface area contributed by atoms with E-state index in [0.29, 0.717) is 5.92 Å². The molecule has 0 amide bonds. The normalized spacial score (nSPS) is 20.8. The van der Waals surface area contributed by atoms with Gasteiger partial charge in [-0.15, -0.1) is 0 Å². The predicted octanol–water partition coefficient (Wildman–Crippen LogP) is 3.37. The molecule has 1 unspecified atom stereocenters. The Morgan fingerprint density at radius 2 is 1.95 bits per heavy atom. The van der Waals surface area contributed by atoms with E-state index >= 15 is 0 Å². The molecule has 0 radical (unpaired) electrons. The van der Waals surface area contributed by atoms with Crippen LogP contribution in [0.4, 0.5) is 10.1 Å². The zero-order valence-corrected chi connectivity index (χ0v) is 12.2. The Balaban J connectivity index is 1.83. The van der Waals surface area contributed by atoms with Crippen LogP contribution in [0.3, 0.4) is 0 Å². The van der Waals surface area contributed by atoms with E-state index in [0.717, 1.165) is 26.1 Å². The molecule has 0 aliphatic carbocycles. The number of anilines is 1. The molecule has 0 fully saturated rings. The molecule has 2 aliphatic rings. The van der Waals surface area contributed by atoms with Crippen molar-refractivity contribution in [2.75, 3.05) is 25.5 Å². The van der Waals surface area contributed by atoms with Gasteiger partial charge in [-0.3, -0.25) is 0 Å². The third-order valence-electron chi connectivity index (χ3n) is 4.70. The largest absolute Gasteiger partial charge is 0.384 e. The summed E-state index contributed by atoms with van der Waals surface area (Å²) in [6, 6.07) is 11.5. The van der Waals surface area contributed by atoms with Crippen LogP contribution in [0.5, 0.6) is 0 Å². The molecular weight excluding hydrogens is 263 g/mol. The summed E-state index contributed by atoms with van der Waals surface area (Å²) in [4.78, 5) is 2.36. The molecule has 2 heterocycles. The van der Waals surface area contributed by atoms with E-state index in [4.69, 9.17) is 0 Å². The maximum Gasteiger partial charge on any atom is 0.123 e. The highest BCUT2D eigenvalue weighted by molar-refractivity contribution is 5.65. The Morgan fingerprint density at radius 1 is 1.14 bits per heavy atom. The topological polar surface area (TPSA) is 15.3 Å². The molecule has 3 heteroatoms. The second-order valence-electron chi connectivity index (χ2n) is 6.15. The van der Waals surface area contributed by atoms with Gasteiger partial charge in [-0.2, -0.15) is 0 Å². The van der Waals surface area contributed by atoms with Crippen molar-refractivity contribution in [2.24, 2.45) is 0 Å². The molecule has 0 spiro atoms. The van der Waals surface area contributed by atoms with Crippen molar-refractivity contribution in [3.05, 3.63) is 64.5 Å². The number of likely N-dealkylation sites (N-methyl/N-ethyl adjacent to an activating group) is 1. The summed E-state index contributed by atoms with van der Waals surface area (Å²) in [7, 11) is 2.16. The summed E-state index contributed by atoms with van der Waals surface area (Å²) in [5, 5.41) is 3.54. The van der Waals surface area contributed by atoms with Crippen molar-refractivity contribution in [1.29, 1.82) is 0 Å². The number of benzene rings is 2. The lowest BCUT2D eigenvalue weighted by Gasteiger charge is -2.34. The van der Waals surface area contributed by atoms with E-state index in [1.807, 2.05) is 12.1 Å². The SMILES string of the molecule is CN1Cc2c(ccc3c2NCC3)C(c2ccc(F)cc2)C1. The number of nitrogens with one attached hydrogen (secondary N) is 1. The zero-order valence-electron chi connectivity index (χ0n) is 12.2. The van der Waals surface area contributed by atoms with Crippen LogP contribution < -0.4 is 5.32 Å². The van der Waals surface area contributed by atoms with Crippen LogP contribution in [0.2, 0.25) is 0 Å². The lowest BCUT2D eigenvalue weighted by atomic mass is 9.83. The molecule has 2 aromatic rings. The fourth-order valence-corrected chi connectivity index (χ4v) is 3.68. The van der Waals surface area contributed by atoms with E-state index in [2.05, 4.69) is 29.4 Å². The molecule has 0 saturated heterocycles. The van der Waals surface area contributed by atoms with Crippen LogP contribution in [-0.4, -0.2) is 25.0 Å². The summed E-state index contributed by atoms with van der Waals surface area (Å²) in [6.07, 6.45) is 1.12. The third kappa shape index (κ3) is 2.12. The van der Waals surface area contributed by atoms with Crippen molar-refractivity contribution in [3.63, 3.8) is 0 Å². The van der Waals surface area contributed by atoms with Crippen molar-refractivity contribution in [1.82, 2.24) is 4.90 Å². The maximum absolute atomic E-state index is 13.2. The van der Waals surface area contributed by atoms with E-state index in [1.165, 1.54) is 27.9 Å². The number of fused-ring (bicyclic) bond motifs is 3. The molecule has 2 aliphatic heterocycles. The molecule has 2 aromatic carbocycles. The van der Waals surface area contributed by atoms with Gasteiger partial charge in [0.15, 0.2) is 0 Å². The summed E-state index contributed by atoms with van der Waals surface area (Å²) in [5.74, 6) is 0.158. The molecule has 108 valence electrons. The molecular formula is C18H19FN2. The Hall–Kier alpha value is -1.87. The Labute approximate surface area is 124 Å². The summed E-state index contributed by atoms with van der Waals surface area (Å²) in [6.45, 7) is 3.01. The average molecular weight is 282 g/mol. The minimum absolute atomic E-state index is 0.168. The molecule has 0 saturated carbocycles. The van der Waals surface area contributed by atoms with Crippen LogP contribution >= 0.6 is 0 Å². The summed E-state index contributed by atoms with van der Waals surface area (Å²) in [5.41, 5.74) is 6.79. The lowest BCUT2D eigenvalue weighted by molar-refractivity contribution is 0.296. The highest BCUT2D eigenvalue weighted by atomic mass is 19.1. The Morgan fingerprint density at radius 3 is 2.76 bits per heavy atom. The first-order valence-corrected chi connectivity index (χ1v) is 7.55. The minimum atomic E-state index is -0.168. The Bertz CT molecular complexity index is 678. The second-order valence-corrected chi connectivity index (χ2v) is 6.15. The van der Waals surface area contributed by atoms with Crippen LogP contribution in [0.15, 0.2) is 36.4 Å². The van der Waals surface area contributed by atoms with E-state index < -0.39 is 0 Å². The predicted molar refractivity (Wildman–Crippen MR) is 83.2 cm³/mol. The minimum Gasteiger partial charge on any atom is -0.384 e. The van der Waals surface area contributed by atoms with Gasteiger partial charge in [-0.1, -0.05) is 24.3 Å². The molecule has 4 rings (SSSR count). The van der Waals surface area contributed by atoms with Gasteiger partial charge >= 0.3 is 0 Å². The van der Waals surface area contributed by atoms with Crippen LogP contribution in [0.25, 0.3) is 0 Å². The van der Waals surface area contributed by atoms with Crippen LogP contribution in [0.1, 0.15) is 28.2 Å². The Kier molecular flexibility index (Phi) is 2.96. The summed E-state index contributed by atoms with van der Waals surface area (Å²) >= 11 is 0. The molecule has 21 heavy (non-hydrogen) atoms. The average Bonchev–Trinajstić information content (AvgIpc) is 2.96. The molecule has 2 nitrogen and oxygen atoms in total. The number of rotatable bonds is 1. The second kappa shape index (κ2) is 4.85. The van der Waals surface area contributed by atoms with Crippen LogP contribution in [0, 0.1) is 5.82 Å². The maximum atomic E-state index is 13.2. The van der Waals surface area contributed by atoms with Gasteiger partial charge in [0.05, 0.1) is 0 Å². The number of hydrogen-bond donors (Lipinski definition) is 1. The first-order chi connectivity index (χ1) is 10.2. The first-order valence-electron chi connectivity index (χ1n) is 7.55. The highest BCUT2D eigenvalue weighted by Gasteiger charge is 2.28. The standard InChI is InChI=1S/C18H19FN2/c1-21-10-16(12-2-5-14(19)6-3-12)15-7-4-13-8-9-20-18(13)17(15)11-21/h2-7,16,20H,8-11H2,1H3.